The summed E-state index contributed by atoms with van der Waals surface area (Å²) in [5.74, 6) is -0.149. The van der Waals surface area contributed by atoms with Gasteiger partial charge in [-0.15, -0.1) is 0 Å². The summed E-state index contributed by atoms with van der Waals surface area (Å²) in [6.45, 7) is 9.67. The average molecular weight is 435 g/mol. The van der Waals surface area contributed by atoms with Crippen LogP contribution in [0, 0.1) is 5.82 Å². The Bertz CT molecular complexity index is 1370. The molecule has 0 saturated carbocycles. The maximum Gasteiger partial charge on any atom is 0.261 e. The number of halogens is 1. The van der Waals surface area contributed by atoms with E-state index in [-0.39, 0.29) is 16.6 Å². The summed E-state index contributed by atoms with van der Waals surface area (Å²) in [5, 5.41) is 0.195. The van der Waals surface area contributed by atoms with Gasteiger partial charge in [0.1, 0.15) is 17.2 Å². The van der Waals surface area contributed by atoms with E-state index in [4.69, 9.17) is 5.73 Å². The van der Waals surface area contributed by atoms with E-state index in [0.717, 1.165) is 36.4 Å². The van der Waals surface area contributed by atoms with Gasteiger partial charge in [0.15, 0.2) is 0 Å². The maximum absolute atomic E-state index is 14.4. The fourth-order valence-corrected chi connectivity index (χ4v) is 4.70. The Morgan fingerprint density at radius 1 is 1.16 bits per heavy atom. The minimum absolute atomic E-state index is 0.0829. The number of imidazole rings is 1. The van der Waals surface area contributed by atoms with E-state index in [1.807, 2.05) is 6.07 Å². The molecule has 8 heteroatoms. The van der Waals surface area contributed by atoms with Crippen LogP contribution in [0.5, 0.6) is 0 Å². The summed E-state index contributed by atoms with van der Waals surface area (Å²) in [6.07, 6.45) is 0. The molecule has 2 aromatic carbocycles. The van der Waals surface area contributed by atoms with Crippen LogP contribution in [0.15, 0.2) is 41.2 Å². The molecule has 0 unspecified atom stereocenters. The number of H-pyrrole nitrogens is 2. The van der Waals surface area contributed by atoms with Crippen LogP contribution in [0.2, 0.25) is 0 Å². The summed E-state index contributed by atoms with van der Waals surface area (Å²) in [6, 6.07) is 11.5. The Labute approximate surface area is 185 Å². The van der Waals surface area contributed by atoms with Gasteiger partial charge < -0.3 is 20.6 Å². The summed E-state index contributed by atoms with van der Waals surface area (Å²) in [5.41, 5.74) is 9.08. The number of rotatable bonds is 3. The highest BCUT2D eigenvalue weighted by Crippen LogP contribution is 2.31. The molecule has 1 saturated heterocycles. The zero-order valence-corrected chi connectivity index (χ0v) is 18.4. The van der Waals surface area contributed by atoms with Crippen LogP contribution in [0.25, 0.3) is 33.3 Å². The zero-order valence-electron chi connectivity index (χ0n) is 18.4. The van der Waals surface area contributed by atoms with Gasteiger partial charge in [-0.05, 0) is 51.1 Å². The van der Waals surface area contributed by atoms with Crippen molar-refractivity contribution in [1.82, 2.24) is 19.9 Å². The SMILES string of the molecule is CC(C)N1CCN(c2ccc3nc(-c4c(N)c5c(F)cccc5[nH]c4=O)[nH]c3c2)[C@@H](C)C1. The molecule has 0 radical (unpaired) electrons. The van der Waals surface area contributed by atoms with Crippen molar-refractivity contribution < 1.29 is 4.39 Å². The molecule has 166 valence electrons. The van der Waals surface area contributed by atoms with Gasteiger partial charge in [-0.1, -0.05) is 6.07 Å². The molecule has 0 amide bonds. The lowest BCUT2D eigenvalue weighted by Gasteiger charge is -2.43. The predicted octanol–water partition coefficient (Wildman–Crippen LogP) is 3.71. The highest BCUT2D eigenvalue weighted by molar-refractivity contribution is 5.98. The van der Waals surface area contributed by atoms with Crippen molar-refractivity contribution in [1.29, 1.82) is 0 Å². The standard InChI is InChI=1S/C24H27FN6O/c1-13(2)30-9-10-31(14(3)12-30)15-7-8-17-19(11-15)28-23(27-17)21-22(26)20-16(25)5-4-6-18(20)29-24(21)32/h4-8,11,13-14H,9-10,12H2,1-3H3,(H,27,28)(H3,26,29,32)/t14-/m0/s1. The van der Waals surface area contributed by atoms with Crippen molar-refractivity contribution in [2.24, 2.45) is 0 Å². The molecule has 32 heavy (non-hydrogen) atoms. The largest absolute Gasteiger partial charge is 0.397 e. The Hall–Kier alpha value is -3.39. The molecule has 0 bridgehead atoms. The number of fused-ring (bicyclic) bond motifs is 2. The van der Waals surface area contributed by atoms with Crippen LogP contribution in [-0.2, 0) is 0 Å². The second-order valence-electron chi connectivity index (χ2n) is 8.82. The van der Waals surface area contributed by atoms with Crippen LogP contribution in [0.1, 0.15) is 20.8 Å². The number of nitrogens with one attached hydrogen (secondary N) is 2. The highest BCUT2D eigenvalue weighted by Gasteiger charge is 2.26. The normalized spacial score (nSPS) is 17.7. The Morgan fingerprint density at radius 2 is 1.97 bits per heavy atom. The summed E-state index contributed by atoms with van der Waals surface area (Å²) in [7, 11) is 0. The number of nitrogens with zero attached hydrogens (tertiary/aromatic N) is 3. The van der Waals surface area contributed by atoms with Crippen LogP contribution in [-0.4, -0.2) is 51.6 Å². The third kappa shape index (κ3) is 3.31. The van der Waals surface area contributed by atoms with Gasteiger partial charge in [-0.25, -0.2) is 9.37 Å². The molecule has 4 aromatic rings. The van der Waals surface area contributed by atoms with Crippen molar-refractivity contribution in [2.75, 3.05) is 30.3 Å². The summed E-state index contributed by atoms with van der Waals surface area (Å²) < 4.78 is 14.4. The van der Waals surface area contributed by atoms with Crippen molar-refractivity contribution in [3.05, 3.63) is 52.6 Å². The molecule has 5 rings (SSSR count). The van der Waals surface area contributed by atoms with Gasteiger partial charge in [-0.3, -0.25) is 9.69 Å². The molecule has 4 N–H and O–H groups in total. The minimum atomic E-state index is -0.481. The van der Waals surface area contributed by atoms with Crippen molar-refractivity contribution >= 4 is 33.3 Å². The van der Waals surface area contributed by atoms with Gasteiger partial charge in [0.2, 0.25) is 0 Å². The summed E-state index contributed by atoms with van der Waals surface area (Å²) >= 11 is 0. The smallest absolute Gasteiger partial charge is 0.261 e. The first-order valence-electron chi connectivity index (χ1n) is 10.9. The fraction of sp³-hybridized carbons (Fsp3) is 0.333. The number of benzene rings is 2. The monoisotopic (exact) mass is 434 g/mol. The molecule has 0 aliphatic carbocycles. The van der Waals surface area contributed by atoms with Gasteiger partial charge in [0, 0.05) is 37.4 Å². The van der Waals surface area contributed by atoms with E-state index in [0.29, 0.717) is 23.4 Å². The molecular formula is C24H27FN6O. The Kier molecular flexibility index (Phi) is 4.89. The molecule has 1 aliphatic heterocycles. The number of hydrogen-bond donors (Lipinski definition) is 3. The highest BCUT2D eigenvalue weighted by atomic mass is 19.1. The average Bonchev–Trinajstić information content (AvgIpc) is 3.16. The van der Waals surface area contributed by atoms with Crippen molar-refractivity contribution in [3.63, 3.8) is 0 Å². The lowest BCUT2D eigenvalue weighted by atomic mass is 10.1. The fourth-order valence-electron chi connectivity index (χ4n) is 4.70. The first kappa shape index (κ1) is 20.5. The maximum atomic E-state index is 14.4. The Balaban J connectivity index is 1.55. The number of nitrogens with two attached hydrogens (primary N) is 1. The summed E-state index contributed by atoms with van der Waals surface area (Å²) in [4.78, 5) is 28.2. The van der Waals surface area contributed by atoms with E-state index >= 15 is 0 Å². The molecule has 1 atom stereocenters. The van der Waals surface area contributed by atoms with E-state index in [2.05, 4.69) is 57.7 Å². The van der Waals surface area contributed by atoms with Crippen molar-refractivity contribution in [3.8, 4) is 11.4 Å². The number of aromatic nitrogens is 3. The van der Waals surface area contributed by atoms with E-state index in [1.54, 1.807) is 6.07 Å². The molecule has 1 aliphatic rings. The second kappa shape index (κ2) is 7.63. The van der Waals surface area contributed by atoms with Crippen LogP contribution >= 0.6 is 0 Å². The number of hydrogen-bond acceptors (Lipinski definition) is 5. The molecule has 7 nitrogen and oxygen atoms in total. The number of anilines is 2. The van der Waals surface area contributed by atoms with Gasteiger partial charge in [0.25, 0.3) is 5.56 Å². The lowest BCUT2D eigenvalue weighted by molar-refractivity contribution is 0.185. The third-order valence-electron chi connectivity index (χ3n) is 6.45. The van der Waals surface area contributed by atoms with E-state index in [1.165, 1.54) is 12.1 Å². The van der Waals surface area contributed by atoms with Crippen LogP contribution < -0.4 is 16.2 Å². The van der Waals surface area contributed by atoms with Gasteiger partial charge in [-0.2, -0.15) is 0 Å². The van der Waals surface area contributed by atoms with Gasteiger partial charge >= 0.3 is 0 Å². The number of nitrogen functional groups attached to an aromatic ring is 1. The molecule has 0 spiro atoms. The number of aromatic amines is 2. The quantitative estimate of drug-likeness (QED) is 0.457. The lowest BCUT2D eigenvalue weighted by Crippen LogP contribution is -2.53. The molecule has 2 aromatic heterocycles. The first-order chi connectivity index (χ1) is 15.3. The zero-order chi connectivity index (χ0) is 22.6. The van der Waals surface area contributed by atoms with Crippen LogP contribution in [0.3, 0.4) is 0 Å². The van der Waals surface area contributed by atoms with E-state index in [9.17, 15) is 9.18 Å². The van der Waals surface area contributed by atoms with E-state index < -0.39 is 11.4 Å². The molecule has 1 fully saturated rings. The molecular weight excluding hydrogens is 407 g/mol. The van der Waals surface area contributed by atoms with Crippen molar-refractivity contribution in [2.45, 2.75) is 32.9 Å². The predicted molar refractivity (Wildman–Crippen MR) is 128 cm³/mol. The third-order valence-corrected chi connectivity index (χ3v) is 6.45. The second-order valence-corrected chi connectivity index (χ2v) is 8.82. The minimum Gasteiger partial charge on any atom is -0.397 e. The first-order valence-corrected chi connectivity index (χ1v) is 10.9. The number of pyridine rings is 1. The van der Waals surface area contributed by atoms with Gasteiger partial charge in [0.05, 0.1) is 27.6 Å². The molecule has 3 heterocycles. The topological polar surface area (TPSA) is 94.0 Å². The number of piperazine rings is 1. The van der Waals surface area contributed by atoms with Crippen LogP contribution in [0.4, 0.5) is 15.8 Å². The Morgan fingerprint density at radius 3 is 2.72 bits per heavy atom.